The van der Waals surface area contributed by atoms with E-state index in [4.69, 9.17) is 0 Å². The fraction of sp³-hybridized carbons (Fsp3) is 0.182. The molecule has 0 aliphatic heterocycles. The molecule has 0 aliphatic rings. The van der Waals surface area contributed by atoms with E-state index in [9.17, 15) is 9.59 Å². The molecule has 4 rings (SSSR count). The second kappa shape index (κ2) is 7.82. The smallest absolute Gasteiger partial charge is 0.273 e. The highest BCUT2D eigenvalue weighted by atomic mass is 16.2. The van der Waals surface area contributed by atoms with Gasteiger partial charge in [0.05, 0.1) is 33.5 Å². The minimum absolute atomic E-state index is 0.163. The Bertz CT molecular complexity index is 1290. The van der Waals surface area contributed by atoms with Crippen molar-refractivity contribution in [1.29, 1.82) is 0 Å². The van der Waals surface area contributed by atoms with Crippen molar-refractivity contribution in [3.8, 4) is 5.69 Å². The molecule has 4 aromatic rings. The number of carbonyl (C=O) groups excluding carboxylic acids is 1. The molecular formula is C22H22N6O2. The molecule has 152 valence electrons. The lowest BCUT2D eigenvalue weighted by Crippen LogP contribution is -2.34. The number of aryl methyl sites for hydroxylation is 1. The van der Waals surface area contributed by atoms with Crippen LogP contribution in [0.5, 0.6) is 0 Å². The van der Waals surface area contributed by atoms with E-state index in [1.54, 1.807) is 29.8 Å². The van der Waals surface area contributed by atoms with E-state index in [1.807, 2.05) is 50.2 Å². The average Bonchev–Trinajstić information content (AvgIpc) is 3.07. The van der Waals surface area contributed by atoms with Crippen molar-refractivity contribution in [2.45, 2.75) is 27.3 Å². The molecule has 0 radical (unpaired) electrons. The number of nitrogens with one attached hydrogen (secondary N) is 2. The summed E-state index contributed by atoms with van der Waals surface area (Å²) in [7, 11) is 0. The van der Waals surface area contributed by atoms with E-state index in [0.29, 0.717) is 28.7 Å². The van der Waals surface area contributed by atoms with Gasteiger partial charge in [-0.1, -0.05) is 30.3 Å². The fourth-order valence-corrected chi connectivity index (χ4v) is 3.52. The molecule has 8 heteroatoms. The summed E-state index contributed by atoms with van der Waals surface area (Å²) < 4.78 is 3.22. The second-order valence-corrected chi connectivity index (χ2v) is 6.87. The van der Waals surface area contributed by atoms with E-state index < -0.39 is 0 Å². The predicted octanol–water partition coefficient (Wildman–Crippen LogP) is 2.98. The molecule has 0 bridgehead atoms. The van der Waals surface area contributed by atoms with E-state index in [2.05, 4.69) is 20.9 Å². The molecule has 1 amide bonds. The Kier molecular flexibility index (Phi) is 5.05. The van der Waals surface area contributed by atoms with Crippen LogP contribution in [0.25, 0.3) is 16.6 Å². The minimum Gasteiger partial charge on any atom is -0.277 e. The molecule has 0 saturated heterocycles. The molecule has 0 atom stereocenters. The van der Waals surface area contributed by atoms with E-state index >= 15 is 0 Å². The van der Waals surface area contributed by atoms with Gasteiger partial charge in [-0.25, -0.2) is 9.67 Å². The van der Waals surface area contributed by atoms with E-state index in [1.165, 1.54) is 4.57 Å². The highest BCUT2D eigenvalue weighted by molar-refractivity contribution is 5.97. The maximum absolute atomic E-state index is 12.9. The van der Waals surface area contributed by atoms with Crippen molar-refractivity contribution in [2.24, 2.45) is 0 Å². The maximum Gasteiger partial charge on any atom is 0.273 e. The van der Waals surface area contributed by atoms with Crippen molar-refractivity contribution < 1.29 is 4.79 Å². The lowest BCUT2D eigenvalue weighted by molar-refractivity contribution is 0.0961. The van der Waals surface area contributed by atoms with Crippen molar-refractivity contribution >= 4 is 22.8 Å². The Labute approximate surface area is 173 Å². The lowest BCUT2D eigenvalue weighted by atomic mass is 10.2. The number of carbonyl (C=O) groups is 1. The topological polar surface area (TPSA) is 93.8 Å². The van der Waals surface area contributed by atoms with Crippen LogP contribution in [-0.4, -0.2) is 25.2 Å². The molecule has 2 aromatic carbocycles. The van der Waals surface area contributed by atoms with Gasteiger partial charge in [0.15, 0.2) is 0 Å². The molecular weight excluding hydrogens is 380 g/mol. The third-order valence-electron chi connectivity index (χ3n) is 4.98. The number of hydrogen-bond donors (Lipinski definition) is 2. The molecule has 0 aliphatic carbocycles. The summed E-state index contributed by atoms with van der Waals surface area (Å²) in [5.41, 5.74) is 8.55. The third-order valence-corrected chi connectivity index (χ3v) is 4.98. The van der Waals surface area contributed by atoms with E-state index in [0.717, 1.165) is 11.4 Å². The van der Waals surface area contributed by atoms with Crippen molar-refractivity contribution in [2.75, 3.05) is 5.43 Å². The van der Waals surface area contributed by atoms with Crippen LogP contribution in [0.15, 0.2) is 59.4 Å². The Hall–Kier alpha value is -3.94. The van der Waals surface area contributed by atoms with Gasteiger partial charge < -0.3 is 0 Å². The molecule has 8 nitrogen and oxygen atoms in total. The van der Waals surface area contributed by atoms with Crippen LogP contribution in [0.1, 0.15) is 28.7 Å². The Morgan fingerprint density at radius 3 is 2.47 bits per heavy atom. The lowest BCUT2D eigenvalue weighted by Gasteiger charge is -2.14. The molecule has 2 aromatic heterocycles. The minimum atomic E-state index is -0.350. The van der Waals surface area contributed by atoms with Crippen LogP contribution in [0.3, 0.4) is 0 Å². The summed E-state index contributed by atoms with van der Waals surface area (Å²) >= 11 is 0. The number of nitrogens with zero attached hydrogens (tertiary/aromatic N) is 4. The zero-order valence-electron chi connectivity index (χ0n) is 17.0. The quantitative estimate of drug-likeness (QED) is 0.501. The van der Waals surface area contributed by atoms with Crippen molar-refractivity contribution in [3.05, 3.63) is 81.9 Å². The summed E-state index contributed by atoms with van der Waals surface area (Å²) in [4.78, 5) is 30.1. The van der Waals surface area contributed by atoms with Crippen molar-refractivity contribution in [1.82, 2.24) is 24.8 Å². The first-order valence-electron chi connectivity index (χ1n) is 9.68. The van der Waals surface area contributed by atoms with Gasteiger partial charge in [-0.3, -0.25) is 25.0 Å². The summed E-state index contributed by atoms with van der Waals surface area (Å²) in [6.45, 7) is 5.90. The maximum atomic E-state index is 12.9. The standard InChI is InChI=1S/C22H22N6O2/c1-4-27-21(30)17-12-8-9-13-18(17)23-22(27)25-24-20(29)19-14(2)26-28(15(19)3)16-10-6-5-7-11-16/h5-13H,4H2,1-3H3,(H,23,25)(H,24,29). The first-order chi connectivity index (χ1) is 14.5. The van der Waals surface area contributed by atoms with Crippen molar-refractivity contribution in [3.63, 3.8) is 0 Å². The summed E-state index contributed by atoms with van der Waals surface area (Å²) in [6.07, 6.45) is 0. The summed E-state index contributed by atoms with van der Waals surface area (Å²) in [6, 6.07) is 16.7. The Morgan fingerprint density at radius 1 is 1.03 bits per heavy atom. The zero-order valence-corrected chi connectivity index (χ0v) is 17.0. The van der Waals surface area contributed by atoms with Gasteiger partial charge in [-0.05, 0) is 45.0 Å². The number of para-hydroxylation sites is 2. The SMILES string of the molecule is CCn1c(NNC(=O)c2c(C)nn(-c3ccccc3)c2C)nc2ccccc2c1=O. The van der Waals surface area contributed by atoms with Crippen LogP contribution in [-0.2, 0) is 6.54 Å². The first-order valence-corrected chi connectivity index (χ1v) is 9.68. The normalized spacial score (nSPS) is 10.9. The molecule has 0 fully saturated rings. The number of rotatable bonds is 5. The number of benzene rings is 2. The third kappa shape index (κ3) is 3.32. The molecule has 2 heterocycles. The Morgan fingerprint density at radius 2 is 1.73 bits per heavy atom. The van der Waals surface area contributed by atoms with Crippen LogP contribution in [0.2, 0.25) is 0 Å². The van der Waals surface area contributed by atoms with Gasteiger partial charge in [-0.2, -0.15) is 5.10 Å². The van der Waals surface area contributed by atoms with Crippen LogP contribution < -0.4 is 16.4 Å². The molecule has 0 saturated carbocycles. The number of anilines is 1. The number of amides is 1. The van der Waals surface area contributed by atoms with Gasteiger partial charge >= 0.3 is 0 Å². The highest BCUT2D eigenvalue weighted by Crippen LogP contribution is 2.18. The fourth-order valence-electron chi connectivity index (χ4n) is 3.52. The predicted molar refractivity (Wildman–Crippen MR) is 116 cm³/mol. The van der Waals surface area contributed by atoms with Crippen LogP contribution in [0, 0.1) is 13.8 Å². The van der Waals surface area contributed by atoms with Gasteiger partial charge in [0.1, 0.15) is 0 Å². The van der Waals surface area contributed by atoms with Gasteiger partial charge in [0.25, 0.3) is 11.5 Å². The van der Waals surface area contributed by atoms with E-state index in [-0.39, 0.29) is 17.4 Å². The second-order valence-electron chi connectivity index (χ2n) is 6.87. The summed E-state index contributed by atoms with van der Waals surface area (Å²) in [5, 5.41) is 5.04. The highest BCUT2D eigenvalue weighted by Gasteiger charge is 2.20. The zero-order chi connectivity index (χ0) is 21.3. The monoisotopic (exact) mass is 402 g/mol. The Balaban J connectivity index is 1.63. The van der Waals surface area contributed by atoms with Gasteiger partial charge in [0, 0.05) is 6.54 Å². The average molecular weight is 402 g/mol. The van der Waals surface area contributed by atoms with Gasteiger partial charge in [0.2, 0.25) is 5.95 Å². The van der Waals surface area contributed by atoms with Crippen LogP contribution in [0.4, 0.5) is 5.95 Å². The molecule has 0 unspecified atom stereocenters. The van der Waals surface area contributed by atoms with Crippen LogP contribution >= 0.6 is 0 Å². The summed E-state index contributed by atoms with van der Waals surface area (Å²) in [5.74, 6) is -0.0717. The first kappa shape index (κ1) is 19.4. The van der Waals surface area contributed by atoms with Gasteiger partial charge in [-0.15, -0.1) is 0 Å². The molecule has 30 heavy (non-hydrogen) atoms. The number of hydrazine groups is 1. The molecule has 2 N–H and O–H groups in total. The number of aromatic nitrogens is 4. The number of fused-ring (bicyclic) bond motifs is 1. The largest absolute Gasteiger partial charge is 0.277 e. The number of hydrogen-bond acceptors (Lipinski definition) is 5. The molecule has 0 spiro atoms.